The van der Waals surface area contributed by atoms with E-state index in [0.717, 1.165) is 19.3 Å². The average molecular weight is 268 g/mol. The second-order valence-electron chi connectivity index (χ2n) is 3.06. The van der Waals surface area contributed by atoms with Crippen molar-refractivity contribution >= 4 is 115 Å². The van der Waals surface area contributed by atoms with Gasteiger partial charge in [0.1, 0.15) is 0 Å². The van der Waals surface area contributed by atoms with Gasteiger partial charge in [-0.25, -0.2) is 0 Å². The van der Waals surface area contributed by atoms with E-state index >= 15 is 0 Å². The van der Waals surface area contributed by atoms with E-state index in [1.54, 1.807) is 0 Å². The first-order valence-electron chi connectivity index (χ1n) is 4.56. The average Bonchev–Trinajstić information content (AvgIpc) is 2.01. The summed E-state index contributed by atoms with van der Waals surface area (Å²) in [6, 6.07) is 0. The van der Waals surface area contributed by atoms with Gasteiger partial charge >= 0.3 is 115 Å². The van der Waals surface area contributed by atoms with Crippen LogP contribution in [0, 0.1) is 0 Å². The molecule has 2 N–H and O–H groups in total. The molecule has 0 spiro atoms. The fraction of sp³-hybridized carbons (Fsp3) is 0.778. The molecule has 0 heterocycles. The van der Waals surface area contributed by atoms with Gasteiger partial charge in [0, 0.05) is 12.8 Å². The number of unbranched alkanes of at least 4 members (excludes halogenated alkanes) is 4. The Morgan fingerprint density at radius 3 is 1.20 bits per heavy atom. The number of carbonyl (C=O) groups is 2. The summed E-state index contributed by atoms with van der Waals surface area (Å²) in [6.45, 7) is 0. The molecule has 0 radical (unpaired) electrons. The quantitative estimate of drug-likeness (QED) is 0.499. The fourth-order valence-corrected chi connectivity index (χ4v) is 1.08. The molecule has 4 nitrogen and oxygen atoms in total. The number of carboxylic acid groups (broad SMARTS) is 2. The zero-order chi connectivity index (χ0) is 10.1. The normalized spacial score (nSPS) is 8.53. The molecule has 0 unspecified atom stereocenters. The molecule has 6 heteroatoms. The van der Waals surface area contributed by atoms with E-state index in [-0.39, 0.29) is 116 Å². The van der Waals surface area contributed by atoms with Crippen LogP contribution in [0.4, 0.5) is 0 Å². The molecular weight excluding hydrogens is 250 g/mol. The van der Waals surface area contributed by atoms with E-state index in [2.05, 4.69) is 0 Å². The van der Waals surface area contributed by atoms with Crippen LogP contribution in [-0.4, -0.2) is 125 Å². The molecule has 0 rings (SSSR count). The summed E-state index contributed by atoms with van der Waals surface area (Å²) in [4.78, 5) is 20.2. The van der Waals surface area contributed by atoms with E-state index in [9.17, 15) is 9.59 Å². The van der Waals surface area contributed by atoms with Crippen molar-refractivity contribution in [1.29, 1.82) is 0 Å². The minimum absolute atomic E-state index is 0. The van der Waals surface area contributed by atoms with Crippen LogP contribution in [0.1, 0.15) is 44.9 Å². The molecule has 0 amide bonds. The third-order valence-corrected chi connectivity index (χ3v) is 1.78. The van der Waals surface area contributed by atoms with Crippen molar-refractivity contribution in [1.82, 2.24) is 0 Å². The van der Waals surface area contributed by atoms with Gasteiger partial charge in [0.15, 0.2) is 0 Å². The number of hydrogen-bond donors (Lipinski definition) is 2. The number of hydrogen-bond acceptors (Lipinski definition) is 2. The van der Waals surface area contributed by atoms with Crippen LogP contribution >= 0.6 is 0 Å². The van der Waals surface area contributed by atoms with Crippen LogP contribution in [0.3, 0.4) is 0 Å². The van der Waals surface area contributed by atoms with Crippen molar-refractivity contribution in [3.05, 3.63) is 0 Å². The van der Waals surface area contributed by atoms with Crippen molar-refractivity contribution in [2.24, 2.45) is 0 Å². The Balaban J connectivity index is -0.000000720. The van der Waals surface area contributed by atoms with Gasteiger partial charge in [-0.05, 0) is 12.8 Å². The van der Waals surface area contributed by atoms with Crippen LogP contribution < -0.4 is 0 Å². The SMILES string of the molecule is O=C(O)CCCCCCCC(=O)O.[KH].[KH]. The molecule has 0 aromatic rings. The molecule has 80 valence electrons. The summed E-state index contributed by atoms with van der Waals surface area (Å²) in [5.41, 5.74) is 0. The van der Waals surface area contributed by atoms with Crippen molar-refractivity contribution in [3.8, 4) is 0 Å². The fourth-order valence-electron chi connectivity index (χ4n) is 1.08. The van der Waals surface area contributed by atoms with Crippen LogP contribution in [0.15, 0.2) is 0 Å². The number of rotatable bonds is 8. The molecule has 0 atom stereocenters. The second kappa shape index (κ2) is 16.2. The molecule has 0 aromatic carbocycles. The van der Waals surface area contributed by atoms with E-state index in [4.69, 9.17) is 10.2 Å². The van der Waals surface area contributed by atoms with Gasteiger partial charge in [-0.15, -0.1) is 0 Å². The predicted molar refractivity (Wildman–Crippen MR) is 61.9 cm³/mol. The second-order valence-corrected chi connectivity index (χ2v) is 3.06. The monoisotopic (exact) mass is 268 g/mol. The Bertz CT molecular complexity index is 155. The maximum atomic E-state index is 10.1. The molecule has 0 aliphatic carbocycles. The molecule has 0 fully saturated rings. The van der Waals surface area contributed by atoms with Gasteiger partial charge < -0.3 is 10.2 Å². The predicted octanol–water partition coefficient (Wildman–Crippen LogP) is 0.589. The van der Waals surface area contributed by atoms with Gasteiger partial charge in [0.2, 0.25) is 0 Å². The third kappa shape index (κ3) is 22.0. The van der Waals surface area contributed by atoms with Gasteiger partial charge in [0.25, 0.3) is 0 Å². The topological polar surface area (TPSA) is 74.6 Å². The molecular formula is C9H18K2O4. The molecule has 0 aromatic heterocycles. The van der Waals surface area contributed by atoms with Gasteiger partial charge in [-0.3, -0.25) is 9.59 Å². The van der Waals surface area contributed by atoms with Gasteiger partial charge in [-0.1, -0.05) is 19.3 Å². The summed E-state index contributed by atoms with van der Waals surface area (Å²) in [6.07, 6.45) is 4.53. The minimum atomic E-state index is -0.759. The first-order valence-corrected chi connectivity index (χ1v) is 4.56. The van der Waals surface area contributed by atoms with Crippen LogP contribution in [-0.2, 0) is 9.59 Å². The molecule has 0 saturated carbocycles. The molecule has 0 aliphatic rings. The molecule has 0 saturated heterocycles. The standard InChI is InChI=1S/C9H16O4.2K.2H/c10-8(11)6-4-2-1-3-5-7-9(12)13;;;;/h1-7H2,(H,10,11)(H,12,13);;;;. The molecule has 0 aliphatic heterocycles. The van der Waals surface area contributed by atoms with Crippen LogP contribution in [0.25, 0.3) is 0 Å². The van der Waals surface area contributed by atoms with Crippen molar-refractivity contribution in [2.75, 3.05) is 0 Å². The number of aliphatic carboxylic acids is 2. The third-order valence-electron chi connectivity index (χ3n) is 1.78. The summed E-state index contributed by atoms with van der Waals surface area (Å²) >= 11 is 0. The molecule has 15 heavy (non-hydrogen) atoms. The summed E-state index contributed by atoms with van der Waals surface area (Å²) in [5.74, 6) is -1.52. The maximum absolute atomic E-state index is 10.1. The van der Waals surface area contributed by atoms with Crippen molar-refractivity contribution in [2.45, 2.75) is 44.9 Å². The first kappa shape index (κ1) is 22.4. The van der Waals surface area contributed by atoms with E-state index < -0.39 is 11.9 Å². The molecule has 0 bridgehead atoms. The zero-order valence-electron chi connectivity index (χ0n) is 7.66. The number of carboxylic acids is 2. The first-order chi connectivity index (χ1) is 6.13. The van der Waals surface area contributed by atoms with E-state index in [1.807, 2.05) is 0 Å². The van der Waals surface area contributed by atoms with Gasteiger partial charge in [-0.2, -0.15) is 0 Å². The zero-order valence-corrected chi connectivity index (χ0v) is 7.66. The van der Waals surface area contributed by atoms with Crippen molar-refractivity contribution in [3.63, 3.8) is 0 Å². The van der Waals surface area contributed by atoms with Crippen LogP contribution in [0.2, 0.25) is 0 Å². The van der Waals surface area contributed by atoms with E-state index in [0.29, 0.717) is 12.8 Å². The van der Waals surface area contributed by atoms with E-state index in [1.165, 1.54) is 0 Å². The Morgan fingerprint density at radius 1 is 0.667 bits per heavy atom. The summed E-state index contributed by atoms with van der Waals surface area (Å²) in [5, 5.41) is 16.6. The summed E-state index contributed by atoms with van der Waals surface area (Å²) in [7, 11) is 0. The Labute approximate surface area is 175 Å². The Morgan fingerprint density at radius 2 is 0.933 bits per heavy atom. The van der Waals surface area contributed by atoms with Crippen LogP contribution in [0.5, 0.6) is 0 Å². The van der Waals surface area contributed by atoms with Gasteiger partial charge in [0.05, 0.1) is 0 Å². The Kier molecular flexibility index (Phi) is 24.2. The Hall–Kier alpha value is 2.21. The summed E-state index contributed by atoms with van der Waals surface area (Å²) < 4.78 is 0. The van der Waals surface area contributed by atoms with Crippen molar-refractivity contribution < 1.29 is 19.8 Å².